The van der Waals surface area contributed by atoms with Gasteiger partial charge >= 0.3 is 15.6 Å². The third-order valence-corrected chi connectivity index (χ3v) is 3.60. The lowest BCUT2D eigenvalue weighted by Crippen LogP contribution is -2.64. The van der Waals surface area contributed by atoms with E-state index >= 15 is 0 Å². The van der Waals surface area contributed by atoms with Crippen molar-refractivity contribution in [3.8, 4) is 0 Å². The molecule has 0 aromatic heterocycles. The summed E-state index contributed by atoms with van der Waals surface area (Å²) >= 11 is 0. The number of aliphatic hydroxyl groups is 4. The molecule has 0 spiro atoms. The molecule has 20 heavy (non-hydrogen) atoms. The average Bonchev–Trinajstić information content (AvgIpc) is 2.25. The largest absolute Gasteiger partial charge is 0.470 e. The van der Waals surface area contributed by atoms with Crippen molar-refractivity contribution in [2.24, 2.45) is 0 Å². The Labute approximate surface area is 111 Å². The van der Waals surface area contributed by atoms with E-state index in [9.17, 15) is 29.6 Å². The molecule has 0 aromatic carbocycles. The monoisotopic (exact) mass is 340 g/mol. The molecule has 1 aliphatic carbocycles. The van der Waals surface area contributed by atoms with E-state index < -0.39 is 52.3 Å². The fourth-order valence-corrected chi connectivity index (χ4v) is 2.87. The standard InChI is InChI=1S/C6H14O12P2/c7-1-2(8)4(10)6(18-20(14,15)16)5(3(1)9)17-19(11,12)13/h1-10H,(H2,11,12,13)(H2,14,15,16)/t1-,2-,3-,4-,5-,6+/m0/s1. The second kappa shape index (κ2) is 6.05. The summed E-state index contributed by atoms with van der Waals surface area (Å²) in [4.78, 5) is 34.6. The molecule has 0 radical (unpaired) electrons. The van der Waals surface area contributed by atoms with Crippen molar-refractivity contribution >= 4 is 15.6 Å². The van der Waals surface area contributed by atoms with Gasteiger partial charge in [-0.2, -0.15) is 0 Å². The Kier molecular flexibility index (Phi) is 5.48. The highest BCUT2D eigenvalue weighted by Crippen LogP contribution is 2.46. The van der Waals surface area contributed by atoms with Gasteiger partial charge in [0.25, 0.3) is 0 Å². The summed E-state index contributed by atoms with van der Waals surface area (Å²) in [5, 5.41) is 37.8. The van der Waals surface area contributed by atoms with Gasteiger partial charge in [-0.15, -0.1) is 0 Å². The van der Waals surface area contributed by atoms with Crippen LogP contribution in [-0.2, 0) is 18.2 Å². The maximum atomic E-state index is 10.7. The molecule has 0 amide bonds. The van der Waals surface area contributed by atoms with Crippen molar-refractivity contribution in [2.45, 2.75) is 36.6 Å². The van der Waals surface area contributed by atoms with E-state index in [1.165, 1.54) is 0 Å². The summed E-state index contributed by atoms with van der Waals surface area (Å²) in [6.45, 7) is 0. The fraction of sp³-hybridized carbons (Fsp3) is 1.00. The fourth-order valence-electron chi connectivity index (χ4n) is 1.74. The number of phosphoric ester groups is 2. The highest BCUT2D eigenvalue weighted by molar-refractivity contribution is 7.46. The number of rotatable bonds is 4. The second-order valence-corrected chi connectivity index (χ2v) is 6.47. The molecule has 0 saturated heterocycles. The first-order valence-electron chi connectivity index (χ1n) is 5.03. The van der Waals surface area contributed by atoms with Crippen LogP contribution in [0.3, 0.4) is 0 Å². The van der Waals surface area contributed by atoms with E-state index in [0.717, 1.165) is 0 Å². The zero-order valence-corrected chi connectivity index (χ0v) is 11.4. The summed E-state index contributed by atoms with van der Waals surface area (Å²) in [5.41, 5.74) is 0. The van der Waals surface area contributed by atoms with Gasteiger partial charge in [0.1, 0.15) is 36.6 Å². The normalized spacial score (nSPS) is 39.8. The molecule has 14 heteroatoms. The molecule has 1 saturated carbocycles. The van der Waals surface area contributed by atoms with E-state index in [1.54, 1.807) is 0 Å². The van der Waals surface area contributed by atoms with Crippen LogP contribution in [0, 0.1) is 0 Å². The first-order chi connectivity index (χ1) is 8.83. The average molecular weight is 340 g/mol. The van der Waals surface area contributed by atoms with Crippen LogP contribution in [0.2, 0.25) is 0 Å². The van der Waals surface area contributed by atoms with Gasteiger partial charge in [-0.1, -0.05) is 0 Å². The first kappa shape index (κ1) is 18.1. The molecule has 120 valence electrons. The predicted octanol–water partition coefficient (Wildman–Crippen LogP) is -3.60. The summed E-state index contributed by atoms with van der Waals surface area (Å²) < 4.78 is 29.6. The Morgan fingerprint density at radius 3 is 1.05 bits per heavy atom. The number of aliphatic hydroxyl groups excluding tert-OH is 4. The Bertz CT molecular complexity index is 388. The van der Waals surface area contributed by atoms with E-state index in [-0.39, 0.29) is 0 Å². The Hall–Kier alpha value is 0.0600. The highest BCUT2D eigenvalue weighted by Gasteiger charge is 2.53. The van der Waals surface area contributed by atoms with E-state index in [0.29, 0.717) is 0 Å². The number of hydrogen-bond acceptors (Lipinski definition) is 8. The van der Waals surface area contributed by atoms with Crippen LogP contribution in [0.5, 0.6) is 0 Å². The van der Waals surface area contributed by atoms with Gasteiger partial charge in [0.15, 0.2) is 0 Å². The topological polar surface area (TPSA) is 214 Å². The molecular weight excluding hydrogens is 326 g/mol. The summed E-state index contributed by atoms with van der Waals surface area (Å²) in [6, 6.07) is 0. The molecule has 12 nitrogen and oxygen atoms in total. The summed E-state index contributed by atoms with van der Waals surface area (Å²) in [5.74, 6) is 0. The molecule has 0 unspecified atom stereocenters. The van der Waals surface area contributed by atoms with Crippen molar-refractivity contribution in [3.05, 3.63) is 0 Å². The maximum Gasteiger partial charge on any atom is 0.470 e. The van der Waals surface area contributed by atoms with Gasteiger partial charge < -0.3 is 40.0 Å². The van der Waals surface area contributed by atoms with Crippen molar-refractivity contribution in [1.29, 1.82) is 0 Å². The number of phosphoric acid groups is 2. The maximum absolute atomic E-state index is 10.7. The second-order valence-electron chi connectivity index (χ2n) is 4.08. The molecule has 1 aliphatic rings. The molecule has 8 N–H and O–H groups in total. The lowest BCUT2D eigenvalue weighted by atomic mass is 9.85. The van der Waals surface area contributed by atoms with Crippen LogP contribution >= 0.6 is 15.6 Å². The quantitative estimate of drug-likeness (QED) is 0.233. The van der Waals surface area contributed by atoms with E-state index in [2.05, 4.69) is 9.05 Å². The van der Waals surface area contributed by atoms with Crippen molar-refractivity contribution in [3.63, 3.8) is 0 Å². The Balaban J connectivity index is 3.09. The summed E-state index contributed by atoms with van der Waals surface area (Å²) in [6.07, 6.45) is -12.8. The van der Waals surface area contributed by atoms with Crippen LogP contribution in [-0.4, -0.2) is 76.6 Å². The van der Waals surface area contributed by atoms with Gasteiger partial charge in [-0.05, 0) is 0 Å². The Morgan fingerprint density at radius 1 is 0.600 bits per heavy atom. The zero-order chi connectivity index (χ0) is 15.9. The highest BCUT2D eigenvalue weighted by atomic mass is 31.2. The molecule has 1 fully saturated rings. The molecule has 0 aromatic rings. The van der Waals surface area contributed by atoms with Gasteiger partial charge in [-0.25, -0.2) is 9.13 Å². The van der Waals surface area contributed by atoms with E-state index in [4.69, 9.17) is 19.6 Å². The smallest absolute Gasteiger partial charge is 0.387 e. The summed E-state index contributed by atoms with van der Waals surface area (Å²) in [7, 11) is -10.5. The predicted molar refractivity (Wildman–Crippen MR) is 57.9 cm³/mol. The molecule has 0 aliphatic heterocycles. The SMILES string of the molecule is O=P(O)(O)O[C@@H]1[C@@H](O)[C@@H](O)[C@H](O)[C@H](O)[C@@H]1OP(=O)(O)O. The van der Waals surface area contributed by atoms with Gasteiger partial charge in [0, 0.05) is 0 Å². The minimum absolute atomic E-state index is 2.07. The third kappa shape index (κ3) is 4.53. The van der Waals surface area contributed by atoms with Gasteiger partial charge in [-0.3, -0.25) is 9.05 Å². The molecular formula is C6H14O12P2. The molecule has 6 atom stereocenters. The van der Waals surface area contributed by atoms with Crippen LogP contribution in [0.4, 0.5) is 0 Å². The van der Waals surface area contributed by atoms with Crippen molar-refractivity contribution in [1.82, 2.24) is 0 Å². The lowest BCUT2D eigenvalue weighted by molar-refractivity contribution is -0.216. The zero-order valence-electron chi connectivity index (χ0n) is 9.57. The Morgan fingerprint density at radius 2 is 0.850 bits per heavy atom. The van der Waals surface area contributed by atoms with Crippen molar-refractivity contribution in [2.75, 3.05) is 0 Å². The minimum Gasteiger partial charge on any atom is -0.387 e. The first-order valence-corrected chi connectivity index (χ1v) is 8.10. The van der Waals surface area contributed by atoms with Crippen LogP contribution in [0.25, 0.3) is 0 Å². The molecule has 0 bridgehead atoms. The van der Waals surface area contributed by atoms with Gasteiger partial charge in [0.05, 0.1) is 0 Å². The molecule has 0 heterocycles. The minimum atomic E-state index is -5.24. The number of hydrogen-bond donors (Lipinski definition) is 8. The third-order valence-electron chi connectivity index (χ3n) is 2.56. The van der Waals surface area contributed by atoms with Crippen LogP contribution < -0.4 is 0 Å². The van der Waals surface area contributed by atoms with Gasteiger partial charge in [0.2, 0.25) is 0 Å². The molecule has 1 rings (SSSR count). The van der Waals surface area contributed by atoms with Crippen LogP contribution in [0.1, 0.15) is 0 Å². The van der Waals surface area contributed by atoms with E-state index in [1.807, 2.05) is 0 Å². The van der Waals surface area contributed by atoms with Crippen LogP contribution in [0.15, 0.2) is 0 Å². The lowest BCUT2D eigenvalue weighted by Gasteiger charge is -2.42. The van der Waals surface area contributed by atoms with Crippen molar-refractivity contribution < 1.29 is 58.2 Å².